The number of hydrogen-bond acceptors (Lipinski definition) is 3. The molecule has 4 heteroatoms. The molecule has 2 aromatic rings. The van der Waals surface area contributed by atoms with Crippen molar-refractivity contribution in [2.45, 2.75) is 58.9 Å². The van der Waals surface area contributed by atoms with Crippen molar-refractivity contribution < 1.29 is 14.3 Å². The molecule has 0 fully saturated rings. The minimum atomic E-state index is -0.442. The molecule has 2 rings (SSSR count). The Morgan fingerprint density at radius 2 is 1.52 bits per heavy atom. The van der Waals surface area contributed by atoms with Gasteiger partial charge in [0.1, 0.15) is 11.5 Å². The largest absolute Gasteiger partial charge is 0.494 e. The van der Waals surface area contributed by atoms with E-state index in [1.54, 1.807) is 0 Å². The summed E-state index contributed by atoms with van der Waals surface area (Å²) in [5.74, 6) is 1.85. The van der Waals surface area contributed by atoms with E-state index >= 15 is 0 Å². The first-order valence-electron chi connectivity index (χ1n) is 9.84. The van der Waals surface area contributed by atoms with Gasteiger partial charge in [0.2, 0.25) is 0 Å². The summed E-state index contributed by atoms with van der Waals surface area (Å²) in [6.45, 7) is 9.17. The van der Waals surface area contributed by atoms with Crippen molar-refractivity contribution in [3.8, 4) is 11.5 Å². The van der Waals surface area contributed by atoms with E-state index in [2.05, 4.69) is 26.1 Å². The fourth-order valence-corrected chi connectivity index (χ4v) is 2.75. The molecule has 1 atom stereocenters. The molecule has 0 bridgehead atoms. The number of carbonyl (C=O) groups excluding carboxylic acids is 1. The maximum Gasteiger partial charge on any atom is 0.413 e. The Labute approximate surface area is 162 Å². The van der Waals surface area contributed by atoms with E-state index in [-0.39, 0.29) is 6.04 Å². The van der Waals surface area contributed by atoms with Crippen LogP contribution in [0.4, 0.5) is 4.79 Å². The number of unbranched alkanes of at least 4 members (excludes halogenated alkanes) is 1. The summed E-state index contributed by atoms with van der Waals surface area (Å²) in [5.41, 5.74) is 2.25. The maximum absolute atomic E-state index is 12.3. The lowest BCUT2D eigenvalue weighted by molar-refractivity contribution is 0.195. The summed E-state index contributed by atoms with van der Waals surface area (Å²) in [6, 6.07) is 15.4. The molecule has 27 heavy (non-hydrogen) atoms. The van der Waals surface area contributed by atoms with Crippen LogP contribution in [0.3, 0.4) is 0 Å². The third kappa shape index (κ3) is 6.63. The van der Waals surface area contributed by atoms with E-state index in [0.717, 1.165) is 37.2 Å². The van der Waals surface area contributed by atoms with Gasteiger partial charge in [-0.1, -0.05) is 58.4 Å². The van der Waals surface area contributed by atoms with E-state index < -0.39 is 6.09 Å². The smallest absolute Gasteiger partial charge is 0.413 e. The minimum Gasteiger partial charge on any atom is -0.494 e. The van der Waals surface area contributed by atoms with Crippen LogP contribution in [0.2, 0.25) is 0 Å². The van der Waals surface area contributed by atoms with Crippen LogP contribution in [0.25, 0.3) is 0 Å². The van der Waals surface area contributed by atoms with E-state index in [9.17, 15) is 4.79 Å². The third-order valence-corrected chi connectivity index (χ3v) is 4.51. The molecule has 1 unspecified atom stereocenters. The number of hydrogen-bond donors (Lipinski definition) is 1. The topological polar surface area (TPSA) is 47.6 Å². The highest BCUT2D eigenvalue weighted by Crippen LogP contribution is 2.22. The van der Waals surface area contributed by atoms with Gasteiger partial charge in [-0.15, -0.1) is 0 Å². The summed E-state index contributed by atoms with van der Waals surface area (Å²) in [7, 11) is 0. The molecule has 0 radical (unpaired) electrons. The second-order valence-electron chi connectivity index (χ2n) is 6.99. The van der Waals surface area contributed by atoms with Crippen LogP contribution in [0, 0.1) is 0 Å². The fourth-order valence-electron chi connectivity index (χ4n) is 2.75. The number of amides is 1. The molecule has 0 heterocycles. The summed E-state index contributed by atoms with van der Waals surface area (Å²) >= 11 is 0. The van der Waals surface area contributed by atoms with E-state index in [1.807, 2.05) is 55.5 Å². The highest BCUT2D eigenvalue weighted by Gasteiger charge is 2.14. The molecule has 2 aromatic carbocycles. The van der Waals surface area contributed by atoms with Gasteiger partial charge in [-0.05, 0) is 54.2 Å². The van der Waals surface area contributed by atoms with Gasteiger partial charge in [-0.25, -0.2) is 4.79 Å². The number of rotatable bonds is 9. The normalized spacial score (nSPS) is 11.9. The molecule has 1 N–H and O–H groups in total. The van der Waals surface area contributed by atoms with Gasteiger partial charge in [-0.2, -0.15) is 0 Å². The van der Waals surface area contributed by atoms with Crippen molar-refractivity contribution >= 4 is 6.09 Å². The van der Waals surface area contributed by atoms with Gasteiger partial charge >= 0.3 is 6.09 Å². The predicted octanol–water partition coefficient (Wildman–Crippen LogP) is 6.23. The Hall–Kier alpha value is -2.49. The number of benzene rings is 2. The van der Waals surface area contributed by atoms with Crippen molar-refractivity contribution in [1.29, 1.82) is 0 Å². The second-order valence-corrected chi connectivity index (χ2v) is 6.99. The average molecular weight is 370 g/mol. The molecular formula is C23H31NO3. The SMILES string of the molecule is CCCCOc1ccc(C(CC)NC(=O)Oc2ccc(C(C)C)cc2)cc1. The molecule has 0 spiro atoms. The molecule has 146 valence electrons. The third-order valence-electron chi connectivity index (χ3n) is 4.51. The Bertz CT molecular complexity index is 693. The standard InChI is InChI=1S/C23H31NO3/c1-5-7-16-26-20-12-10-19(11-13-20)22(6-2)24-23(25)27-21-14-8-18(9-15-21)17(3)4/h8-15,17,22H,5-7,16H2,1-4H3,(H,24,25). The van der Waals surface area contributed by atoms with Crippen LogP contribution in [0.1, 0.15) is 70.0 Å². The lowest BCUT2D eigenvalue weighted by Crippen LogP contribution is -2.30. The Kier molecular flexibility index (Phi) is 8.18. The van der Waals surface area contributed by atoms with Crippen molar-refractivity contribution in [3.05, 3.63) is 59.7 Å². The molecule has 1 amide bonds. The molecule has 0 aliphatic heterocycles. The van der Waals surface area contributed by atoms with Gasteiger partial charge in [0.15, 0.2) is 0 Å². The van der Waals surface area contributed by atoms with E-state index in [1.165, 1.54) is 5.56 Å². The molecule has 0 saturated carbocycles. The van der Waals surface area contributed by atoms with E-state index in [4.69, 9.17) is 9.47 Å². The van der Waals surface area contributed by atoms with Crippen molar-refractivity contribution in [1.82, 2.24) is 5.32 Å². The predicted molar refractivity (Wildman–Crippen MR) is 110 cm³/mol. The number of carbonyl (C=O) groups is 1. The molecule has 0 aliphatic carbocycles. The number of nitrogens with one attached hydrogen (secondary N) is 1. The second kappa shape index (κ2) is 10.6. The zero-order chi connectivity index (χ0) is 19.6. The van der Waals surface area contributed by atoms with Crippen LogP contribution in [0.5, 0.6) is 11.5 Å². The fraction of sp³-hybridized carbons (Fsp3) is 0.435. The Balaban J connectivity index is 1.92. The molecule has 0 aliphatic rings. The van der Waals surface area contributed by atoms with Gasteiger partial charge in [-0.3, -0.25) is 0 Å². The van der Waals surface area contributed by atoms with Crippen LogP contribution >= 0.6 is 0 Å². The zero-order valence-corrected chi connectivity index (χ0v) is 16.8. The average Bonchev–Trinajstić information content (AvgIpc) is 2.67. The quantitative estimate of drug-likeness (QED) is 0.533. The highest BCUT2D eigenvalue weighted by atomic mass is 16.6. The van der Waals surface area contributed by atoms with Crippen LogP contribution < -0.4 is 14.8 Å². The van der Waals surface area contributed by atoms with Crippen LogP contribution in [-0.2, 0) is 0 Å². The first kappa shape index (κ1) is 20.8. The van der Waals surface area contributed by atoms with Crippen molar-refractivity contribution in [2.24, 2.45) is 0 Å². The number of ether oxygens (including phenoxy) is 2. The summed E-state index contributed by atoms with van der Waals surface area (Å²) in [5, 5.41) is 2.94. The molecule has 4 nitrogen and oxygen atoms in total. The van der Waals surface area contributed by atoms with Crippen LogP contribution in [-0.4, -0.2) is 12.7 Å². The highest BCUT2D eigenvalue weighted by molar-refractivity contribution is 5.71. The Morgan fingerprint density at radius 1 is 0.926 bits per heavy atom. The van der Waals surface area contributed by atoms with Gasteiger partial charge < -0.3 is 14.8 Å². The van der Waals surface area contributed by atoms with Gasteiger partial charge in [0.25, 0.3) is 0 Å². The Morgan fingerprint density at radius 3 is 2.07 bits per heavy atom. The molecular weight excluding hydrogens is 338 g/mol. The zero-order valence-electron chi connectivity index (χ0n) is 16.8. The van der Waals surface area contributed by atoms with Crippen molar-refractivity contribution in [3.63, 3.8) is 0 Å². The lowest BCUT2D eigenvalue weighted by atomic mass is 10.0. The summed E-state index contributed by atoms with van der Waals surface area (Å²) in [4.78, 5) is 12.3. The van der Waals surface area contributed by atoms with Crippen molar-refractivity contribution in [2.75, 3.05) is 6.61 Å². The molecule has 0 saturated heterocycles. The summed E-state index contributed by atoms with van der Waals surface area (Å²) < 4.78 is 11.1. The first-order chi connectivity index (χ1) is 13.0. The van der Waals surface area contributed by atoms with Gasteiger partial charge in [0, 0.05) is 0 Å². The van der Waals surface area contributed by atoms with Crippen LogP contribution in [0.15, 0.2) is 48.5 Å². The first-order valence-corrected chi connectivity index (χ1v) is 9.84. The maximum atomic E-state index is 12.3. The van der Waals surface area contributed by atoms with Gasteiger partial charge in [0.05, 0.1) is 12.6 Å². The lowest BCUT2D eigenvalue weighted by Gasteiger charge is -2.18. The minimum absolute atomic E-state index is 0.0999. The molecule has 0 aromatic heterocycles. The monoisotopic (exact) mass is 369 g/mol. The summed E-state index contributed by atoms with van der Waals surface area (Å²) in [6.07, 6.45) is 2.49. The van der Waals surface area contributed by atoms with E-state index in [0.29, 0.717) is 11.7 Å².